The fourth-order valence-corrected chi connectivity index (χ4v) is 12.6. The summed E-state index contributed by atoms with van der Waals surface area (Å²) in [5.74, 6) is -0.430. The Bertz CT molecular complexity index is 6990. The van der Waals surface area contributed by atoms with Gasteiger partial charge in [0.1, 0.15) is 34.5 Å². The van der Waals surface area contributed by atoms with E-state index in [1.165, 1.54) is 108 Å². The fourth-order valence-electron chi connectivity index (χ4n) is 12.6. The Morgan fingerprint density at radius 1 is 0.241 bits per heavy atom. The molecule has 1 aliphatic heterocycles. The molecule has 756 valence electrons. The molecule has 16 aromatic rings. The summed E-state index contributed by atoms with van der Waals surface area (Å²) in [4.78, 5) is 85.4. The molecule has 8 N–H and O–H groups in total. The molecule has 9 heterocycles. The van der Waals surface area contributed by atoms with Gasteiger partial charge in [-0.25, -0.2) is 75.8 Å². The minimum atomic E-state index is -1.12. The van der Waals surface area contributed by atoms with Crippen molar-refractivity contribution in [3.63, 3.8) is 0 Å². The molecule has 53 nitrogen and oxygen atoms in total. The zero-order chi connectivity index (χ0) is 105. The van der Waals surface area contributed by atoms with Gasteiger partial charge in [-0.15, -0.1) is 40.8 Å². The Morgan fingerprint density at radius 3 is 0.910 bits per heavy atom. The second-order valence-electron chi connectivity index (χ2n) is 29.3. The second-order valence-corrected chi connectivity index (χ2v) is 29.3. The molecule has 0 amide bonds. The van der Waals surface area contributed by atoms with Crippen LogP contribution in [-0.2, 0) is 52.4 Å². The molecule has 0 unspecified atom stereocenters. The van der Waals surface area contributed by atoms with E-state index >= 15 is 0 Å². The quantitative estimate of drug-likeness (QED) is 0.0186. The smallest absolute Gasteiger partial charge is 0.358 e. The van der Waals surface area contributed by atoms with Crippen LogP contribution < -0.4 is 61.6 Å². The summed E-state index contributed by atoms with van der Waals surface area (Å²) in [5.41, 5.74) is 6.71. The number of para-hydroxylation sites is 1. The first kappa shape index (κ1) is 107. The first-order valence-corrected chi connectivity index (χ1v) is 42.0. The van der Waals surface area contributed by atoms with Crippen molar-refractivity contribution in [3.8, 4) is 74.7 Å². The van der Waals surface area contributed by atoms with Crippen molar-refractivity contribution >= 4 is 47.8 Å². The minimum absolute atomic E-state index is 0.0362. The number of hydrogen-bond acceptors (Lipinski definition) is 37. The summed E-state index contributed by atoms with van der Waals surface area (Å²) < 4.78 is 79.2. The van der Waals surface area contributed by atoms with Crippen LogP contribution >= 0.6 is 0 Å². The lowest BCUT2D eigenvalue weighted by molar-refractivity contribution is 0.0679. The summed E-state index contributed by atoms with van der Waals surface area (Å²) >= 11 is 0. The van der Waals surface area contributed by atoms with E-state index in [1.54, 1.807) is 99.3 Å². The summed E-state index contributed by atoms with van der Waals surface area (Å²) in [6, 6.07) is 49.9. The molecule has 0 fully saturated rings. The first-order valence-electron chi connectivity index (χ1n) is 42.0. The van der Waals surface area contributed by atoms with Crippen LogP contribution in [0.1, 0.15) is 128 Å². The van der Waals surface area contributed by atoms with Gasteiger partial charge in [0.25, 0.3) is 0 Å². The molecule has 0 spiro atoms. The van der Waals surface area contributed by atoms with E-state index in [9.17, 15) is 38.4 Å². The maximum atomic E-state index is 10.8. The van der Waals surface area contributed by atoms with E-state index in [2.05, 4.69) is 82.5 Å². The van der Waals surface area contributed by atoms with E-state index < -0.39 is 47.8 Å². The maximum absolute atomic E-state index is 10.8. The van der Waals surface area contributed by atoms with Gasteiger partial charge in [0.2, 0.25) is 12.5 Å². The number of ether oxygens (including phenoxy) is 13. The van der Waals surface area contributed by atoms with Gasteiger partial charge >= 0.3 is 47.8 Å². The third-order valence-corrected chi connectivity index (χ3v) is 19.5. The van der Waals surface area contributed by atoms with Crippen LogP contribution in [0, 0.1) is 0 Å². The highest BCUT2D eigenvalue weighted by Crippen LogP contribution is 2.39. The molecule has 0 saturated heterocycles. The minimum Gasteiger partial charge on any atom is -0.497 e. The molecule has 8 aromatic carbocycles. The van der Waals surface area contributed by atoms with E-state index in [4.69, 9.17) is 102 Å². The molecule has 0 radical (unpaired) electrons. The monoisotopic (exact) mass is 2000 g/mol. The van der Waals surface area contributed by atoms with Gasteiger partial charge in [-0.3, -0.25) is 0 Å². The number of fused-ring (bicyclic) bond motifs is 1. The highest BCUT2D eigenvalue weighted by Gasteiger charge is 2.22. The van der Waals surface area contributed by atoms with Crippen LogP contribution in [0.2, 0.25) is 0 Å². The van der Waals surface area contributed by atoms with E-state index in [0.29, 0.717) is 116 Å². The lowest BCUT2D eigenvalue weighted by atomic mass is 10.2. The van der Waals surface area contributed by atoms with Gasteiger partial charge in [-0.1, -0.05) is 115 Å². The maximum Gasteiger partial charge on any atom is 0.358 e. The van der Waals surface area contributed by atoms with Crippen LogP contribution in [0.15, 0.2) is 213 Å². The van der Waals surface area contributed by atoms with Gasteiger partial charge in [0, 0.05) is 23.3 Å². The fraction of sp³-hybridized carbons (Fsp3) is 0.217. The molecule has 145 heavy (non-hydrogen) atoms. The SMILES string of the molecule is COc1cc(Cn2cc(C(=O)O)nn2)cc(OC)c1.COc1cc(Cn2cc(C(=O)O)nn2)cc(OC)c1OC.COc1ccc(Cn2cc(C(=O)O)nn2)c(OC)c1.COc1ccc(Cn2cc(C(=O)O)nn2)cc1.COc1ccc(Cn2cc(C(=O)O)nn2)cc1OC.COc1cccc(Cn2cc(C(=O)O)nn2)c1.O=C(O)c1cn(Cc2cccc3c2OCO3)nn1.O=C(O)c1cn(Cc2ccccc2)nn1. The largest absolute Gasteiger partial charge is 0.497 e. The summed E-state index contributed by atoms with van der Waals surface area (Å²) in [6.45, 7) is 3.53. The highest BCUT2D eigenvalue weighted by molar-refractivity contribution is 5.87. The molecule has 17 rings (SSSR count). The average molecular weight is 2000 g/mol. The second kappa shape index (κ2) is 53.1. The van der Waals surface area contributed by atoms with E-state index in [-0.39, 0.29) is 52.3 Å². The van der Waals surface area contributed by atoms with Crippen molar-refractivity contribution in [2.75, 3.05) is 85.0 Å². The predicted octanol–water partition coefficient (Wildman–Crippen LogP) is 8.02. The number of carboxylic acid groups (broad SMARTS) is 8. The van der Waals surface area contributed by atoms with Crippen LogP contribution in [0.25, 0.3) is 0 Å². The Balaban J connectivity index is 0.000000170. The topological polar surface area (TPSA) is 664 Å². The molecule has 0 bridgehead atoms. The van der Waals surface area contributed by atoms with E-state index in [1.807, 2.05) is 121 Å². The average Bonchev–Trinajstić information content (AvgIpc) is 1.58. The number of carbonyl (C=O) groups is 8. The zero-order valence-electron chi connectivity index (χ0n) is 79.0. The number of methoxy groups -OCH3 is 11. The predicted molar refractivity (Wildman–Crippen MR) is 498 cm³/mol. The number of aromatic nitrogens is 24. The molecule has 0 saturated carbocycles. The van der Waals surface area contributed by atoms with Crippen molar-refractivity contribution in [3.05, 3.63) is 303 Å². The number of rotatable bonds is 35. The molecule has 0 aliphatic carbocycles. The normalized spacial score (nSPS) is 10.5. The Kier molecular flexibility index (Phi) is 39.2. The van der Waals surface area contributed by atoms with E-state index in [0.717, 1.165) is 56.0 Å². The van der Waals surface area contributed by atoms with Crippen molar-refractivity contribution in [2.24, 2.45) is 0 Å². The number of nitrogens with zero attached hydrogens (tertiary/aromatic N) is 24. The number of benzene rings is 8. The van der Waals surface area contributed by atoms with Crippen LogP contribution in [-0.4, -0.2) is 294 Å². The van der Waals surface area contributed by atoms with Crippen molar-refractivity contribution in [1.82, 2.24) is 120 Å². The van der Waals surface area contributed by atoms with Crippen LogP contribution in [0.3, 0.4) is 0 Å². The number of hydrogen-bond donors (Lipinski definition) is 8. The highest BCUT2D eigenvalue weighted by atomic mass is 16.7. The van der Waals surface area contributed by atoms with Crippen molar-refractivity contribution in [2.45, 2.75) is 52.4 Å². The van der Waals surface area contributed by atoms with Gasteiger partial charge < -0.3 is 102 Å². The van der Waals surface area contributed by atoms with Gasteiger partial charge in [-0.05, 0) is 112 Å². The molecule has 53 heteroatoms. The standard InChI is InChI=1S/C13H15N3O5.3C12H13N3O4.C11H9N3O4.2C11H11N3O3.C10H9N3O2/c1-19-10-4-8(5-11(20-2)12(10)21-3)6-16-7-9(13(17)18)14-15-16;1-18-9-3-8(4-10(5-9)19-2)6-15-7-11(12(16)17)13-14-15;1-18-9-4-3-8(11(5-9)19-2)6-15-7-10(12(16)17)13-14-15;1-18-10-4-3-8(5-11(10)19-2)6-15-7-9(12(16)17)13-14-15;15-11(16)8-5-14(13-12-8)4-7-2-1-3-9-10(7)18-6-17-9;1-17-9-4-2-8(3-5-9)6-14-7-10(11(15)16)12-13-14;1-17-9-4-2-3-8(5-9)6-14-7-10(11(15)16)12-13-14;14-10(15)9-7-13(12-11-9)6-8-4-2-1-3-5-8/h4-5,7H,6H2,1-3H3,(H,17,18);3*3-5,7H,6H2,1-2H3,(H,16,17);1-3,5H,4,6H2,(H,15,16);2*2-5,7H,6H2,1H3,(H,15,16);1-5,7H,6H2,(H,14,15). The summed E-state index contributed by atoms with van der Waals surface area (Å²) in [5, 5.41) is 128. The Morgan fingerprint density at radius 2 is 0.545 bits per heavy atom. The van der Waals surface area contributed by atoms with Gasteiger partial charge in [0.05, 0.1) is 180 Å². The Labute approximate surface area is 820 Å². The lowest BCUT2D eigenvalue weighted by Crippen LogP contribution is -2.03. The molecular weight excluding hydrogens is 1910 g/mol. The van der Waals surface area contributed by atoms with Crippen LogP contribution in [0.5, 0.6) is 74.7 Å². The molecule has 0 atom stereocenters. The third-order valence-electron chi connectivity index (χ3n) is 19.5. The molecular formula is C92H94N24O29. The van der Waals surface area contributed by atoms with Crippen LogP contribution in [0.4, 0.5) is 0 Å². The zero-order valence-corrected chi connectivity index (χ0v) is 79.0. The number of aromatic carboxylic acids is 8. The van der Waals surface area contributed by atoms with Crippen molar-refractivity contribution < 1.29 is 141 Å². The van der Waals surface area contributed by atoms with Gasteiger partial charge in [-0.2, -0.15) is 0 Å². The number of carboxylic acids is 8. The third kappa shape index (κ3) is 32.1. The van der Waals surface area contributed by atoms with Gasteiger partial charge in [0.15, 0.2) is 80.0 Å². The molecule has 8 aromatic heterocycles. The Hall–Kier alpha value is -20.0. The lowest BCUT2D eigenvalue weighted by Gasteiger charge is -2.14. The summed E-state index contributed by atoms with van der Waals surface area (Å²) in [7, 11) is 17.2. The molecule has 1 aliphatic rings. The van der Waals surface area contributed by atoms with Crippen molar-refractivity contribution in [1.29, 1.82) is 0 Å². The summed E-state index contributed by atoms with van der Waals surface area (Å²) in [6.07, 6.45) is 11.0. The first-order chi connectivity index (χ1) is 69.8.